The third-order valence-corrected chi connectivity index (χ3v) is 0.856. The maximum absolute atomic E-state index is 10.2. The van der Waals surface area contributed by atoms with Gasteiger partial charge in [-0.3, -0.25) is 0 Å². The molecule has 0 bridgehead atoms. The lowest BCUT2D eigenvalue weighted by atomic mass is 10.5. The van der Waals surface area contributed by atoms with E-state index in [1.807, 2.05) is 0 Å². The summed E-state index contributed by atoms with van der Waals surface area (Å²) < 4.78 is 4.83. The van der Waals surface area contributed by atoms with Gasteiger partial charge in [0, 0.05) is 0 Å². The predicted molar refractivity (Wildman–Crippen MR) is 40.5 cm³/mol. The van der Waals surface area contributed by atoms with E-state index < -0.39 is 5.97 Å². The summed E-state index contributed by atoms with van der Waals surface area (Å²) in [7, 11) is 0. The molecule has 0 rings (SSSR count). The largest absolute Gasteiger partial charge is 0.475 e. The Morgan fingerprint density at radius 1 is 1.80 bits per heavy atom. The average molecular weight is 207 g/mol. The van der Waals surface area contributed by atoms with Gasteiger partial charge in [-0.25, -0.2) is 4.79 Å². The number of carboxylic acid groups (broad SMARTS) is 1. The molecule has 0 aliphatic carbocycles. The number of rotatable bonds is 3. The first kappa shape index (κ1) is 9.23. The number of ether oxygens (including phenoxy) is 1. The first-order chi connectivity index (χ1) is 4.57. The molecule has 4 heteroatoms. The van der Waals surface area contributed by atoms with Crippen molar-refractivity contribution in [1.82, 2.24) is 0 Å². The lowest BCUT2D eigenvalue weighted by molar-refractivity contribution is -0.135. The van der Waals surface area contributed by atoms with Crippen molar-refractivity contribution in [2.24, 2.45) is 0 Å². The van der Waals surface area contributed by atoms with Crippen LogP contribution in [0.3, 0.4) is 0 Å². The molecule has 0 spiro atoms. The number of aliphatic carboxylic acids is 1. The first-order valence-electron chi connectivity index (χ1n) is 2.49. The van der Waals surface area contributed by atoms with E-state index in [0.717, 1.165) is 0 Å². The van der Waals surface area contributed by atoms with Crippen LogP contribution in [0.15, 0.2) is 23.1 Å². The minimum absolute atomic E-state index is 0.137. The maximum atomic E-state index is 10.2. The van der Waals surface area contributed by atoms with Crippen molar-refractivity contribution in [2.45, 2.75) is 6.92 Å². The van der Waals surface area contributed by atoms with Crippen molar-refractivity contribution in [3.8, 4) is 0 Å². The second kappa shape index (κ2) is 4.11. The van der Waals surface area contributed by atoms with Crippen LogP contribution in [0.1, 0.15) is 6.92 Å². The number of hydrogen-bond donors (Lipinski definition) is 1. The van der Waals surface area contributed by atoms with E-state index in [2.05, 4.69) is 27.2 Å². The van der Waals surface area contributed by atoms with Gasteiger partial charge in [0.2, 0.25) is 5.76 Å². The average Bonchev–Trinajstić information content (AvgIpc) is 1.81. The Morgan fingerprint density at radius 2 is 2.30 bits per heavy atom. The van der Waals surface area contributed by atoms with Crippen LogP contribution in [0.2, 0.25) is 0 Å². The molecule has 0 saturated carbocycles. The van der Waals surface area contributed by atoms with Gasteiger partial charge in [-0.15, -0.1) is 0 Å². The van der Waals surface area contributed by atoms with Crippen LogP contribution in [-0.2, 0) is 9.53 Å². The maximum Gasteiger partial charge on any atom is 0.371 e. The van der Waals surface area contributed by atoms with Crippen molar-refractivity contribution in [1.29, 1.82) is 0 Å². The summed E-state index contributed by atoms with van der Waals surface area (Å²) >= 11 is 2.86. The van der Waals surface area contributed by atoms with Crippen LogP contribution in [-0.4, -0.2) is 11.1 Å². The molecular weight excluding hydrogens is 200 g/mol. The van der Waals surface area contributed by atoms with E-state index in [4.69, 9.17) is 5.11 Å². The molecular formula is C6H7BrO3. The molecule has 0 aliphatic heterocycles. The molecule has 0 atom stereocenters. The summed E-state index contributed by atoms with van der Waals surface area (Å²) in [6.07, 6.45) is 1.34. The highest BCUT2D eigenvalue weighted by atomic mass is 79.9. The van der Waals surface area contributed by atoms with Crippen LogP contribution >= 0.6 is 15.9 Å². The first-order valence-corrected chi connectivity index (χ1v) is 3.29. The predicted octanol–water partition coefficient (Wildman–Crippen LogP) is 1.86. The Morgan fingerprint density at radius 3 is 2.40 bits per heavy atom. The third kappa shape index (κ3) is 3.29. The van der Waals surface area contributed by atoms with Crippen LogP contribution in [0, 0.1) is 0 Å². The Hall–Kier alpha value is -0.770. The Labute approximate surface area is 67.1 Å². The highest BCUT2D eigenvalue weighted by molar-refractivity contribution is 9.11. The molecule has 56 valence electrons. The van der Waals surface area contributed by atoms with E-state index in [0.29, 0.717) is 0 Å². The fourth-order valence-electron chi connectivity index (χ4n) is 0.345. The van der Waals surface area contributed by atoms with Gasteiger partial charge < -0.3 is 9.84 Å². The van der Waals surface area contributed by atoms with E-state index in [-0.39, 0.29) is 10.4 Å². The molecule has 0 radical (unpaired) electrons. The number of carbonyl (C=O) groups is 1. The molecule has 0 aromatic carbocycles. The van der Waals surface area contributed by atoms with Gasteiger partial charge in [-0.2, -0.15) is 0 Å². The zero-order valence-electron chi connectivity index (χ0n) is 5.43. The van der Waals surface area contributed by atoms with Gasteiger partial charge in [0.05, 0.1) is 0 Å². The van der Waals surface area contributed by atoms with Gasteiger partial charge in [0.1, 0.15) is 0 Å². The summed E-state index contributed by atoms with van der Waals surface area (Å²) in [5.41, 5.74) is 0. The van der Waals surface area contributed by atoms with Crippen molar-refractivity contribution in [3.05, 3.63) is 23.1 Å². The fourth-order valence-corrected chi connectivity index (χ4v) is 0.520. The summed E-state index contributed by atoms with van der Waals surface area (Å²) in [5, 5.41) is 8.37. The Kier molecular flexibility index (Phi) is 3.79. The van der Waals surface area contributed by atoms with Gasteiger partial charge in [0.25, 0.3) is 0 Å². The summed E-state index contributed by atoms with van der Waals surface area (Å²) in [5.74, 6) is -1.25. The number of carboxylic acids is 1. The lowest BCUT2D eigenvalue weighted by Gasteiger charge is -2.00. The standard InChI is InChI=1S/C6H7BrO3/c1-3-5(6(8)9)10-4(2)7/h3H,2H2,1H3,(H,8,9)/b5-3-. The number of allylic oxidation sites excluding steroid dienone is 1. The molecule has 10 heavy (non-hydrogen) atoms. The van der Waals surface area contributed by atoms with Gasteiger partial charge >= 0.3 is 5.97 Å². The van der Waals surface area contributed by atoms with E-state index in [9.17, 15) is 4.79 Å². The SMILES string of the molecule is C=C(Br)O/C(=C\C)C(=O)O. The molecule has 0 saturated heterocycles. The van der Waals surface area contributed by atoms with Crippen LogP contribution in [0.4, 0.5) is 0 Å². The summed E-state index contributed by atoms with van der Waals surface area (Å²) in [6, 6.07) is 0. The van der Waals surface area contributed by atoms with Gasteiger partial charge in [-0.1, -0.05) is 0 Å². The van der Waals surface area contributed by atoms with Gasteiger partial charge in [0.15, 0.2) is 4.67 Å². The molecule has 0 heterocycles. The van der Waals surface area contributed by atoms with E-state index in [1.165, 1.54) is 6.08 Å². The van der Waals surface area contributed by atoms with Crippen LogP contribution < -0.4 is 0 Å². The molecule has 0 amide bonds. The molecule has 1 N–H and O–H groups in total. The van der Waals surface area contributed by atoms with Gasteiger partial charge in [-0.05, 0) is 35.5 Å². The number of halogens is 1. The Balaban J connectivity index is 4.12. The zero-order chi connectivity index (χ0) is 8.15. The minimum atomic E-state index is -1.11. The van der Waals surface area contributed by atoms with Crippen LogP contribution in [0.5, 0.6) is 0 Å². The van der Waals surface area contributed by atoms with Crippen molar-refractivity contribution >= 4 is 21.9 Å². The quantitative estimate of drug-likeness (QED) is 0.567. The normalized spacial score (nSPS) is 10.8. The van der Waals surface area contributed by atoms with Crippen molar-refractivity contribution < 1.29 is 14.6 Å². The molecule has 0 aromatic rings. The molecule has 0 fully saturated rings. The monoisotopic (exact) mass is 206 g/mol. The zero-order valence-corrected chi connectivity index (χ0v) is 7.01. The second-order valence-electron chi connectivity index (χ2n) is 1.42. The van der Waals surface area contributed by atoms with E-state index >= 15 is 0 Å². The molecule has 0 unspecified atom stereocenters. The topological polar surface area (TPSA) is 46.5 Å². The summed E-state index contributed by atoms with van der Waals surface area (Å²) in [4.78, 5) is 10.2. The third-order valence-electron chi connectivity index (χ3n) is 0.694. The number of hydrogen-bond acceptors (Lipinski definition) is 2. The summed E-state index contributed by atoms with van der Waals surface area (Å²) in [6.45, 7) is 4.88. The van der Waals surface area contributed by atoms with Crippen molar-refractivity contribution in [2.75, 3.05) is 0 Å². The Bertz CT molecular complexity index is 183. The molecule has 3 nitrogen and oxygen atoms in total. The fraction of sp³-hybridized carbons (Fsp3) is 0.167. The molecule has 0 aromatic heterocycles. The highest BCUT2D eigenvalue weighted by Gasteiger charge is 2.06. The molecule has 0 aliphatic rings. The highest BCUT2D eigenvalue weighted by Crippen LogP contribution is 2.09. The van der Waals surface area contributed by atoms with Crippen LogP contribution in [0.25, 0.3) is 0 Å². The van der Waals surface area contributed by atoms with Crippen molar-refractivity contribution in [3.63, 3.8) is 0 Å². The smallest absolute Gasteiger partial charge is 0.371 e. The second-order valence-corrected chi connectivity index (χ2v) is 2.30. The van der Waals surface area contributed by atoms with E-state index in [1.54, 1.807) is 6.92 Å². The minimum Gasteiger partial charge on any atom is -0.475 e. The lowest BCUT2D eigenvalue weighted by Crippen LogP contribution is -2.02.